The van der Waals surface area contributed by atoms with Crippen LogP contribution in [0.5, 0.6) is 0 Å². The molecule has 25 heavy (non-hydrogen) atoms. The number of nitrogens with one attached hydrogen (secondary N) is 1. The van der Waals surface area contributed by atoms with Gasteiger partial charge in [0.15, 0.2) is 0 Å². The van der Waals surface area contributed by atoms with E-state index in [2.05, 4.69) is 17.3 Å². The lowest BCUT2D eigenvalue weighted by atomic mass is 9.47. The average molecular weight is 364 g/mol. The number of aromatic nitrogens is 2. The first-order valence-corrected chi connectivity index (χ1v) is 10.4. The molecule has 2 unspecified atom stereocenters. The van der Waals surface area contributed by atoms with Crippen molar-refractivity contribution < 1.29 is 4.79 Å². The van der Waals surface area contributed by atoms with Crippen molar-refractivity contribution >= 4 is 17.5 Å². The third kappa shape index (κ3) is 3.11. The zero-order valence-corrected chi connectivity index (χ0v) is 16.1. The van der Waals surface area contributed by atoms with Crippen LogP contribution in [0.2, 0.25) is 5.02 Å². The van der Waals surface area contributed by atoms with Crippen molar-refractivity contribution in [3.8, 4) is 0 Å². The lowest BCUT2D eigenvalue weighted by molar-refractivity contribution is -0.130. The molecule has 1 heterocycles. The molecule has 138 valence electrons. The fourth-order valence-corrected chi connectivity index (χ4v) is 6.68. The number of rotatable bonds is 6. The third-order valence-electron chi connectivity index (χ3n) is 7.13. The SMILES string of the molecule is CCC(C(=O)NC(CC)C12CC3CC(CC(C3)C1)C2)n1cc(Cl)cn1. The number of halogens is 1. The van der Waals surface area contributed by atoms with Gasteiger partial charge in [0.25, 0.3) is 0 Å². The second-order valence-electron chi connectivity index (χ2n) is 8.81. The van der Waals surface area contributed by atoms with Gasteiger partial charge in [-0.1, -0.05) is 25.4 Å². The smallest absolute Gasteiger partial charge is 0.245 e. The summed E-state index contributed by atoms with van der Waals surface area (Å²) < 4.78 is 1.71. The molecule has 4 bridgehead atoms. The molecule has 0 spiro atoms. The van der Waals surface area contributed by atoms with Gasteiger partial charge in [-0.15, -0.1) is 0 Å². The largest absolute Gasteiger partial charge is 0.351 e. The molecule has 1 aromatic heterocycles. The second kappa shape index (κ2) is 6.61. The van der Waals surface area contributed by atoms with Crippen LogP contribution in [0.1, 0.15) is 71.3 Å². The quantitative estimate of drug-likeness (QED) is 0.802. The Morgan fingerprint density at radius 1 is 1.24 bits per heavy atom. The van der Waals surface area contributed by atoms with Crippen LogP contribution in [0.3, 0.4) is 0 Å². The second-order valence-corrected chi connectivity index (χ2v) is 9.25. The fourth-order valence-electron chi connectivity index (χ4n) is 6.54. The molecule has 5 rings (SSSR count). The molecule has 0 radical (unpaired) electrons. The van der Waals surface area contributed by atoms with E-state index in [0.29, 0.717) is 16.5 Å². The highest BCUT2D eigenvalue weighted by atomic mass is 35.5. The molecular formula is C20H30ClN3O. The first-order chi connectivity index (χ1) is 12.0. The number of carbonyl (C=O) groups is 1. The Kier molecular flexibility index (Phi) is 4.59. The molecule has 0 saturated heterocycles. The predicted octanol–water partition coefficient (Wildman–Crippen LogP) is 4.60. The molecular weight excluding hydrogens is 334 g/mol. The lowest BCUT2D eigenvalue weighted by Gasteiger charge is -2.59. The van der Waals surface area contributed by atoms with Crippen LogP contribution in [0.25, 0.3) is 0 Å². The van der Waals surface area contributed by atoms with Gasteiger partial charge in [0.1, 0.15) is 6.04 Å². The maximum absolute atomic E-state index is 13.0. The third-order valence-corrected chi connectivity index (χ3v) is 7.32. The van der Waals surface area contributed by atoms with E-state index in [4.69, 9.17) is 11.6 Å². The number of hydrogen-bond acceptors (Lipinski definition) is 2. The van der Waals surface area contributed by atoms with Gasteiger partial charge < -0.3 is 5.32 Å². The summed E-state index contributed by atoms with van der Waals surface area (Å²) >= 11 is 5.99. The van der Waals surface area contributed by atoms with Crippen LogP contribution in [-0.2, 0) is 4.79 Å². The summed E-state index contributed by atoms with van der Waals surface area (Å²) in [6.07, 6.45) is 13.4. The summed E-state index contributed by atoms with van der Waals surface area (Å²) in [7, 11) is 0. The molecule has 4 fully saturated rings. The molecule has 1 amide bonds. The van der Waals surface area contributed by atoms with Crippen molar-refractivity contribution in [2.24, 2.45) is 23.2 Å². The van der Waals surface area contributed by atoms with Crippen LogP contribution >= 0.6 is 11.6 Å². The summed E-state index contributed by atoms with van der Waals surface area (Å²) in [5.74, 6) is 2.82. The van der Waals surface area contributed by atoms with Gasteiger partial charge in [-0.05, 0) is 74.5 Å². The summed E-state index contributed by atoms with van der Waals surface area (Å²) in [5, 5.41) is 8.28. The highest BCUT2D eigenvalue weighted by Crippen LogP contribution is 2.61. The van der Waals surface area contributed by atoms with Crippen molar-refractivity contribution in [1.82, 2.24) is 15.1 Å². The molecule has 0 aliphatic heterocycles. The minimum Gasteiger partial charge on any atom is -0.351 e. The van der Waals surface area contributed by atoms with E-state index >= 15 is 0 Å². The first-order valence-electron chi connectivity index (χ1n) is 10.0. The normalized spacial score (nSPS) is 35.6. The number of nitrogens with zero attached hydrogens (tertiary/aromatic N) is 2. The van der Waals surface area contributed by atoms with Gasteiger partial charge >= 0.3 is 0 Å². The lowest BCUT2D eigenvalue weighted by Crippen LogP contribution is -2.57. The minimum atomic E-state index is -0.268. The number of carbonyl (C=O) groups excluding carboxylic acids is 1. The Hall–Kier alpha value is -1.03. The Morgan fingerprint density at radius 3 is 2.28 bits per heavy atom. The molecule has 1 N–H and O–H groups in total. The minimum absolute atomic E-state index is 0.102. The Bertz CT molecular complexity index is 605. The fraction of sp³-hybridized carbons (Fsp3) is 0.800. The number of hydrogen-bond donors (Lipinski definition) is 1. The van der Waals surface area contributed by atoms with Gasteiger partial charge in [-0.3, -0.25) is 9.48 Å². The number of amides is 1. The van der Waals surface area contributed by atoms with E-state index in [1.165, 1.54) is 38.5 Å². The van der Waals surface area contributed by atoms with Gasteiger partial charge in [0.05, 0.1) is 11.2 Å². The van der Waals surface area contributed by atoms with Crippen molar-refractivity contribution in [3.05, 3.63) is 17.4 Å². The van der Waals surface area contributed by atoms with Crippen LogP contribution in [-0.4, -0.2) is 21.7 Å². The Balaban J connectivity index is 1.51. The first kappa shape index (κ1) is 17.4. The maximum Gasteiger partial charge on any atom is 0.245 e. The zero-order chi connectivity index (χ0) is 17.6. The molecule has 5 heteroatoms. The van der Waals surface area contributed by atoms with Gasteiger partial charge in [-0.2, -0.15) is 5.10 Å². The van der Waals surface area contributed by atoms with E-state index in [-0.39, 0.29) is 11.9 Å². The monoisotopic (exact) mass is 363 g/mol. The predicted molar refractivity (Wildman–Crippen MR) is 99.4 cm³/mol. The summed E-state index contributed by atoms with van der Waals surface area (Å²) in [6.45, 7) is 4.26. The van der Waals surface area contributed by atoms with Gasteiger partial charge in [-0.25, -0.2) is 0 Å². The topological polar surface area (TPSA) is 46.9 Å². The molecule has 4 saturated carbocycles. The molecule has 4 nitrogen and oxygen atoms in total. The van der Waals surface area contributed by atoms with Crippen molar-refractivity contribution in [3.63, 3.8) is 0 Å². The summed E-state index contributed by atoms with van der Waals surface area (Å²) in [6, 6.07) is 0.0314. The average Bonchev–Trinajstić information content (AvgIpc) is 2.98. The molecule has 1 aromatic rings. The van der Waals surface area contributed by atoms with Crippen molar-refractivity contribution in [2.75, 3.05) is 0 Å². The van der Waals surface area contributed by atoms with Gasteiger partial charge in [0.2, 0.25) is 5.91 Å². The molecule has 0 aromatic carbocycles. The van der Waals surface area contributed by atoms with E-state index in [9.17, 15) is 4.79 Å². The standard InChI is InChI=1S/C20H30ClN3O/c1-3-17(24-12-16(21)11-22-24)19(25)23-18(4-2)20-8-13-5-14(9-20)7-15(6-13)10-20/h11-15,17-18H,3-10H2,1-2H3,(H,23,25). The van der Waals surface area contributed by atoms with E-state index in [0.717, 1.165) is 30.6 Å². The summed E-state index contributed by atoms with van der Waals surface area (Å²) in [5.41, 5.74) is 0.346. The van der Waals surface area contributed by atoms with Crippen LogP contribution in [0.15, 0.2) is 12.4 Å². The van der Waals surface area contributed by atoms with E-state index in [1.54, 1.807) is 17.1 Å². The van der Waals surface area contributed by atoms with E-state index in [1.807, 2.05) is 6.92 Å². The maximum atomic E-state index is 13.0. The van der Waals surface area contributed by atoms with E-state index < -0.39 is 0 Å². The van der Waals surface area contributed by atoms with Crippen LogP contribution in [0, 0.1) is 23.2 Å². The highest BCUT2D eigenvalue weighted by Gasteiger charge is 2.54. The van der Waals surface area contributed by atoms with Crippen molar-refractivity contribution in [2.45, 2.75) is 77.3 Å². The highest BCUT2D eigenvalue weighted by molar-refractivity contribution is 6.30. The molecule has 2 atom stereocenters. The summed E-state index contributed by atoms with van der Waals surface area (Å²) in [4.78, 5) is 13.0. The Labute approximate surface area is 155 Å². The molecule has 4 aliphatic rings. The van der Waals surface area contributed by atoms with Crippen LogP contribution in [0.4, 0.5) is 0 Å². The van der Waals surface area contributed by atoms with Crippen molar-refractivity contribution in [1.29, 1.82) is 0 Å². The Morgan fingerprint density at radius 2 is 1.84 bits per heavy atom. The molecule has 4 aliphatic carbocycles. The van der Waals surface area contributed by atoms with Crippen LogP contribution < -0.4 is 5.32 Å². The van der Waals surface area contributed by atoms with Gasteiger partial charge in [0, 0.05) is 12.2 Å². The zero-order valence-electron chi connectivity index (χ0n) is 15.4.